The fourth-order valence-electron chi connectivity index (χ4n) is 2.66. The molecule has 1 atom stereocenters. The molecule has 0 bridgehead atoms. The maximum absolute atomic E-state index is 12.3. The summed E-state index contributed by atoms with van der Waals surface area (Å²) in [7, 11) is 0. The second-order valence-electron chi connectivity index (χ2n) is 5.66. The van der Waals surface area contributed by atoms with Gasteiger partial charge in [-0.15, -0.1) is 11.3 Å². The van der Waals surface area contributed by atoms with Crippen molar-refractivity contribution in [3.05, 3.63) is 64.4 Å². The number of para-hydroxylation sites is 1. The van der Waals surface area contributed by atoms with Crippen molar-refractivity contribution in [3.63, 3.8) is 0 Å². The molecule has 1 N–H and O–H groups in total. The Kier molecular flexibility index (Phi) is 5.05. The van der Waals surface area contributed by atoms with Crippen molar-refractivity contribution in [2.24, 2.45) is 0 Å². The van der Waals surface area contributed by atoms with Crippen LogP contribution in [0.5, 0.6) is 0 Å². The van der Waals surface area contributed by atoms with Crippen LogP contribution in [0.25, 0.3) is 5.69 Å². The van der Waals surface area contributed by atoms with E-state index in [4.69, 9.17) is 0 Å². The van der Waals surface area contributed by atoms with Gasteiger partial charge >= 0.3 is 0 Å². The monoisotopic (exact) mass is 340 g/mol. The summed E-state index contributed by atoms with van der Waals surface area (Å²) >= 11 is 1.60. The summed E-state index contributed by atoms with van der Waals surface area (Å²) < 4.78 is 1.82. The third-order valence-corrected chi connectivity index (χ3v) is 4.95. The van der Waals surface area contributed by atoms with Gasteiger partial charge < -0.3 is 5.32 Å². The van der Waals surface area contributed by atoms with Crippen molar-refractivity contribution in [1.82, 2.24) is 20.1 Å². The maximum Gasteiger partial charge on any atom is 0.220 e. The quantitative estimate of drug-likeness (QED) is 0.748. The highest BCUT2D eigenvalue weighted by Gasteiger charge is 2.15. The van der Waals surface area contributed by atoms with Crippen molar-refractivity contribution < 1.29 is 4.79 Å². The molecule has 0 spiro atoms. The van der Waals surface area contributed by atoms with Gasteiger partial charge in [-0.3, -0.25) is 4.79 Å². The molecule has 5 nitrogen and oxygen atoms in total. The van der Waals surface area contributed by atoms with Crippen LogP contribution < -0.4 is 5.32 Å². The Morgan fingerprint density at radius 2 is 2.17 bits per heavy atom. The van der Waals surface area contributed by atoms with E-state index in [1.54, 1.807) is 17.5 Å². The summed E-state index contributed by atoms with van der Waals surface area (Å²) in [6.45, 7) is 3.98. The number of thiazole rings is 1. The molecule has 24 heavy (non-hydrogen) atoms. The van der Waals surface area contributed by atoms with Crippen LogP contribution in [0.3, 0.4) is 0 Å². The number of nitrogens with zero attached hydrogens (tertiary/aromatic N) is 3. The van der Waals surface area contributed by atoms with E-state index >= 15 is 0 Å². The highest BCUT2D eigenvalue weighted by Crippen LogP contribution is 2.21. The first-order valence-corrected chi connectivity index (χ1v) is 8.80. The Morgan fingerprint density at radius 3 is 2.88 bits per heavy atom. The summed E-state index contributed by atoms with van der Waals surface area (Å²) in [5, 5.41) is 7.37. The van der Waals surface area contributed by atoms with Crippen molar-refractivity contribution in [3.8, 4) is 5.69 Å². The van der Waals surface area contributed by atoms with Crippen LogP contribution in [0.4, 0.5) is 0 Å². The van der Waals surface area contributed by atoms with E-state index in [-0.39, 0.29) is 11.9 Å². The number of hydrogen-bond acceptors (Lipinski definition) is 4. The van der Waals surface area contributed by atoms with Gasteiger partial charge in [0.05, 0.1) is 22.9 Å². The molecule has 2 aromatic heterocycles. The summed E-state index contributed by atoms with van der Waals surface area (Å²) in [5.74, 6) is 0.0468. The molecule has 0 saturated carbocycles. The summed E-state index contributed by atoms with van der Waals surface area (Å²) in [5.41, 5.74) is 4.87. The molecule has 0 fully saturated rings. The predicted octanol–water partition coefficient (Wildman–Crippen LogP) is 3.45. The van der Waals surface area contributed by atoms with Gasteiger partial charge in [0.2, 0.25) is 5.91 Å². The van der Waals surface area contributed by atoms with Gasteiger partial charge in [0.15, 0.2) is 0 Å². The first kappa shape index (κ1) is 16.4. The van der Waals surface area contributed by atoms with Gasteiger partial charge in [0.25, 0.3) is 0 Å². The normalized spacial score (nSPS) is 12.1. The van der Waals surface area contributed by atoms with Crippen molar-refractivity contribution >= 4 is 17.2 Å². The average molecular weight is 340 g/mol. The van der Waals surface area contributed by atoms with Crippen LogP contribution >= 0.6 is 11.3 Å². The zero-order chi connectivity index (χ0) is 16.9. The summed E-state index contributed by atoms with van der Waals surface area (Å²) in [6.07, 6.45) is 4.85. The Hall–Kier alpha value is -2.47. The average Bonchev–Trinajstić information content (AvgIpc) is 3.24. The van der Waals surface area contributed by atoms with Gasteiger partial charge in [-0.05, 0) is 38.0 Å². The topological polar surface area (TPSA) is 59.8 Å². The number of hydrogen-bond donors (Lipinski definition) is 1. The zero-order valence-electron chi connectivity index (χ0n) is 13.8. The lowest BCUT2D eigenvalue weighted by atomic mass is 10.1. The van der Waals surface area contributed by atoms with Gasteiger partial charge in [-0.1, -0.05) is 18.2 Å². The first-order valence-electron chi connectivity index (χ1n) is 7.92. The molecule has 1 aromatic carbocycles. The Balaban J connectivity index is 1.66. The van der Waals surface area contributed by atoms with E-state index in [0.29, 0.717) is 6.42 Å². The van der Waals surface area contributed by atoms with Crippen LogP contribution in [0.15, 0.2) is 48.2 Å². The van der Waals surface area contributed by atoms with Gasteiger partial charge in [-0.2, -0.15) is 5.10 Å². The number of nitrogens with one attached hydrogen (secondary N) is 1. The number of benzene rings is 1. The van der Waals surface area contributed by atoms with Crippen molar-refractivity contribution in [2.75, 3.05) is 0 Å². The Morgan fingerprint density at radius 1 is 1.33 bits per heavy atom. The second kappa shape index (κ2) is 7.40. The zero-order valence-corrected chi connectivity index (χ0v) is 14.6. The lowest BCUT2D eigenvalue weighted by molar-refractivity contribution is -0.121. The lowest BCUT2D eigenvalue weighted by Gasteiger charge is -2.18. The minimum Gasteiger partial charge on any atom is -0.349 e. The molecule has 6 heteroatoms. The number of amides is 1. The summed E-state index contributed by atoms with van der Waals surface area (Å²) in [6, 6.07) is 9.78. The van der Waals surface area contributed by atoms with E-state index in [0.717, 1.165) is 23.4 Å². The van der Waals surface area contributed by atoms with E-state index < -0.39 is 0 Å². The molecule has 3 aromatic rings. The molecule has 124 valence electrons. The molecule has 0 aliphatic rings. The van der Waals surface area contributed by atoms with Crippen LogP contribution in [-0.4, -0.2) is 20.7 Å². The number of aromatic nitrogens is 3. The van der Waals surface area contributed by atoms with Gasteiger partial charge in [0.1, 0.15) is 0 Å². The lowest BCUT2D eigenvalue weighted by Crippen LogP contribution is -2.27. The highest BCUT2D eigenvalue weighted by molar-refractivity contribution is 7.09. The van der Waals surface area contributed by atoms with E-state index in [2.05, 4.69) is 15.4 Å². The number of carbonyl (C=O) groups is 1. The molecule has 0 unspecified atom stereocenters. The van der Waals surface area contributed by atoms with Crippen molar-refractivity contribution in [2.45, 2.75) is 32.7 Å². The highest BCUT2D eigenvalue weighted by atomic mass is 32.1. The SMILES string of the molecule is Cc1ncsc1CCC(=O)N[C@H](C)c1ccccc1-n1cccn1. The number of carbonyl (C=O) groups excluding carboxylic acids is 1. The van der Waals surface area contributed by atoms with Crippen LogP contribution in [0.2, 0.25) is 0 Å². The molecule has 3 rings (SSSR count). The van der Waals surface area contributed by atoms with Crippen LogP contribution in [0, 0.1) is 6.92 Å². The molecule has 0 radical (unpaired) electrons. The van der Waals surface area contributed by atoms with Gasteiger partial charge in [0, 0.05) is 23.7 Å². The minimum atomic E-state index is -0.0829. The Labute approximate surface area is 145 Å². The van der Waals surface area contributed by atoms with Crippen molar-refractivity contribution in [1.29, 1.82) is 0 Å². The summed E-state index contributed by atoms with van der Waals surface area (Å²) in [4.78, 5) is 17.7. The van der Waals surface area contributed by atoms with E-state index in [1.165, 1.54) is 4.88 Å². The molecule has 2 heterocycles. The maximum atomic E-state index is 12.3. The third kappa shape index (κ3) is 3.71. The van der Waals surface area contributed by atoms with E-state index in [9.17, 15) is 4.79 Å². The smallest absolute Gasteiger partial charge is 0.220 e. The fraction of sp³-hybridized carbons (Fsp3) is 0.278. The van der Waals surface area contributed by atoms with Gasteiger partial charge in [-0.25, -0.2) is 9.67 Å². The second-order valence-corrected chi connectivity index (χ2v) is 6.60. The third-order valence-electron chi connectivity index (χ3n) is 3.96. The van der Waals surface area contributed by atoms with E-state index in [1.807, 2.05) is 60.6 Å². The standard InChI is InChI=1S/C18H20N4OS/c1-13(21-18(23)9-8-17-14(2)19-12-24-17)15-6-3-4-7-16(15)22-11-5-10-20-22/h3-7,10-13H,8-9H2,1-2H3,(H,21,23)/t13-/m1/s1. The molecule has 0 aliphatic carbocycles. The predicted molar refractivity (Wildman–Crippen MR) is 95.3 cm³/mol. The van der Waals surface area contributed by atoms with Crippen LogP contribution in [-0.2, 0) is 11.2 Å². The number of rotatable bonds is 6. The molecule has 1 amide bonds. The number of aryl methyl sites for hydroxylation is 2. The van der Waals surface area contributed by atoms with Crippen LogP contribution in [0.1, 0.15) is 35.5 Å². The molecular weight excluding hydrogens is 320 g/mol. The molecule has 0 saturated heterocycles. The first-order chi connectivity index (χ1) is 11.6. The fourth-order valence-corrected chi connectivity index (χ4v) is 3.44. The Bertz CT molecular complexity index is 810. The molecular formula is C18H20N4OS. The molecule has 0 aliphatic heterocycles. The minimum absolute atomic E-state index is 0.0468. The largest absolute Gasteiger partial charge is 0.349 e.